The number of carboxylic acids is 1. The summed E-state index contributed by atoms with van der Waals surface area (Å²) in [5.74, 6) is -1.65. The molecule has 22 heavy (non-hydrogen) atoms. The van der Waals surface area contributed by atoms with Crippen molar-refractivity contribution < 1.29 is 14.7 Å². The summed E-state index contributed by atoms with van der Waals surface area (Å²) in [4.78, 5) is 27.5. The molecule has 0 fully saturated rings. The SMILES string of the molecule is CC(C)C(NC(=O)c1cccc(Nc2nccs2)c1)C(=O)O. The molecular formula is C15H17N3O3S. The van der Waals surface area contributed by atoms with Crippen molar-refractivity contribution in [2.24, 2.45) is 5.92 Å². The van der Waals surface area contributed by atoms with Gasteiger partial charge in [-0.1, -0.05) is 19.9 Å². The minimum atomic E-state index is -1.04. The van der Waals surface area contributed by atoms with Crippen LogP contribution >= 0.6 is 11.3 Å². The predicted octanol–water partition coefficient (Wildman–Crippen LogP) is 2.73. The number of thiazole rings is 1. The first-order chi connectivity index (χ1) is 10.5. The molecule has 0 aliphatic heterocycles. The smallest absolute Gasteiger partial charge is 0.326 e. The van der Waals surface area contributed by atoms with Gasteiger partial charge in [0.1, 0.15) is 6.04 Å². The highest BCUT2D eigenvalue weighted by molar-refractivity contribution is 7.13. The molecule has 0 aliphatic rings. The average molecular weight is 319 g/mol. The van der Waals surface area contributed by atoms with Gasteiger partial charge in [-0.15, -0.1) is 11.3 Å². The maximum Gasteiger partial charge on any atom is 0.326 e. The lowest BCUT2D eigenvalue weighted by Crippen LogP contribution is -2.44. The van der Waals surface area contributed by atoms with E-state index in [1.165, 1.54) is 11.3 Å². The summed E-state index contributed by atoms with van der Waals surface area (Å²) >= 11 is 1.45. The summed E-state index contributed by atoms with van der Waals surface area (Å²) in [6, 6.07) is 5.94. The Balaban J connectivity index is 2.11. The van der Waals surface area contributed by atoms with Crippen molar-refractivity contribution in [2.75, 3.05) is 5.32 Å². The van der Waals surface area contributed by atoms with Crippen LogP contribution in [0.1, 0.15) is 24.2 Å². The van der Waals surface area contributed by atoms with Gasteiger partial charge in [0.15, 0.2) is 5.13 Å². The molecule has 1 amide bonds. The number of nitrogens with one attached hydrogen (secondary N) is 2. The van der Waals surface area contributed by atoms with Gasteiger partial charge in [0, 0.05) is 22.8 Å². The first-order valence-corrected chi connectivity index (χ1v) is 7.65. The number of carboxylic acid groups (broad SMARTS) is 1. The normalized spacial score (nSPS) is 12.0. The van der Waals surface area contributed by atoms with Gasteiger partial charge in [0.05, 0.1) is 0 Å². The highest BCUT2D eigenvalue weighted by Gasteiger charge is 2.23. The number of nitrogens with zero attached hydrogens (tertiary/aromatic N) is 1. The molecule has 1 aromatic carbocycles. The molecule has 0 aliphatic carbocycles. The molecule has 0 saturated carbocycles. The quantitative estimate of drug-likeness (QED) is 0.761. The second-order valence-electron chi connectivity index (χ2n) is 5.08. The Hall–Kier alpha value is -2.41. The van der Waals surface area contributed by atoms with Gasteiger partial charge in [-0.05, 0) is 24.1 Å². The lowest BCUT2D eigenvalue weighted by atomic mass is 10.0. The largest absolute Gasteiger partial charge is 0.480 e. The number of hydrogen-bond acceptors (Lipinski definition) is 5. The van der Waals surface area contributed by atoms with Crippen LogP contribution in [0.2, 0.25) is 0 Å². The molecule has 1 unspecified atom stereocenters. The topological polar surface area (TPSA) is 91.3 Å². The molecule has 3 N–H and O–H groups in total. The Kier molecular flexibility index (Phi) is 5.11. The fourth-order valence-electron chi connectivity index (χ4n) is 1.88. The highest BCUT2D eigenvalue weighted by atomic mass is 32.1. The zero-order chi connectivity index (χ0) is 16.1. The van der Waals surface area contributed by atoms with E-state index in [0.29, 0.717) is 5.56 Å². The van der Waals surface area contributed by atoms with Crippen LogP contribution in [0.25, 0.3) is 0 Å². The predicted molar refractivity (Wildman–Crippen MR) is 85.6 cm³/mol. The molecule has 7 heteroatoms. The molecule has 0 radical (unpaired) electrons. The van der Waals surface area contributed by atoms with Gasteiger partial charge in [-0.2, -0.15) is 0 Å². The van der Waals surface area contributed by atoms with Gasteiger partial charge in [0.25, 0.3) is 5.91 Å². The van der Waals surface area contributed by atoms with Crippen molar-refractivity contribution in [1.82, 2.24) is 10.3 Å². The summed E-state index contributed by atoms with van der Waals surface area (Å²) in [7, 11) is 0. The molecule has 116 valence electrons. The van der Waals surface area contributed by atoms with E-state index < -0.39 is 17.9 Å². The second kappa shape index (κ2) is 7.04. The van der Waals surface area contributed by atoms with Gasteiger partial charge in [0.2, 0.25) is 0 Å². The van der Waals surface area contributed by atoms with Crippen LogP contribution in [-0.2, 0) is 4.79 Å². The van der Waals surface area contributed by atoms with E-state index in [-0.39, 0.29) is 5.92 Å². The fourth-order valence-corrected chi connectivity index (χ4v) is 2.43. The van der Waals surface area contributed by atoms with Gasteiger partial charge in [-0.25, -0.2) is 9.78 Å². The Morgan fingerprint density at radius 1 is 1.32 bits per heavy atom. The summed E-state index contributed by atoms with van der Waals surface area (Å²) in [6.07, 6.45) is 1.68. The van der Waals surface area contributed by atoms with Crippen molar-refractivity contribution in [2.45, 2.75) is 19.9 Å². The maximum atomic E-state index is 12.2. The minimum Gasteiger partial charge on any atom is -0.480 e. The molecule has 0 saturated heterocycles. The maximum absolute atomic E-state index is 12.2. The Morgan fingerprint density at radius 2 is 2.09 bits per heavy atom. The van der Waals surface area contributed by atoms with Crippen molar-refractivity contribution in [3.8, 4) is 0 Å². The monoisotopic (exact) mass is 319 g/mol. The number of aliphatic carboxylic acids is 1. The van der Waals surface area contributed by atoms with Crippen LogP contribution in [0.15, 0.2) is 35.8 Å². The summed E-state index contributed by atoms with van der Waals surface area (Å²) in [5.41, 5.74) is 1.12. The number of hydrogen-bond donors (Lipinski definition) is 3. The second-order valence-corrected chi connectivity index (χ2v) is 5.97. The molecule has 6 nitrogen and oxygen atoms in total. The first kappa shape index (κ1) is 16.0. The Morgan fingerprint density at radius 3 is 2.68 bits per heavy atom. The van der Waals surface area contributed by atoms with E-state index in [1.807, 2.05) is 11.4 Å². The van der Waals surface area contributed by atoms with Crippen LogP contribution in [0.3, 0.4) is 0 Å². The molecule has 0 spiro atoms. The Bertz CT molecular complexity index is 656. The first-order valence-electron chi connectivity index (χ1n) is 6.77. The van der Waals surface area contributed by atoms with E-state index in [0.717, 1.165) is 10.8 Å². The van der Waals surface area contributed by atoms with Gasteiger partial charge >= 0.3 is 5.97 Å². The third kappa shape index (κ3) is 4.05. The number of carbonyl (C=O) groups is 2. The molecule has 1 atom stereocenters. The van der Waals surface area contributed by atoms with Crippen molar-refractivity contribution in [1.29, 1.82) is 0 Å². The van der Waals surface area contributed by atoms with Crippen LogP contribution in [-0.4, -0.2) is 28.0 Å². The van der Waals surface area contributed by atoms with Gasteiger partial charge < -0.3 is 15.7 Å². The van der Waals surface area contributed by atoms with Crippen LogP contribution in [0.5, 0.6) is 0 Å². The van der Waals surface area contributed by atoms with Crippen LogP contribution < -0.4 is 10.6 Å². The number of rotatable bonds is 6. The Labute approximate surface area is 132 Å². The standard InChI is InChI=1S/C15H17N3O3S/c1-9(2)12(14(20)21)18-13(19)10-4-3-5-11(8-10)17-15-16-6-7-22-15/h3-9,12H,1-2H3,(H,16,17)(H,18,19)(H,20,21). The molecule has 2 aromatic rings. The van der Waals surface area contributed by atoms with Crippen LogP contribution in [0.4, 0.5) is 10.8 Å². The van der Waals surface area contributed by atoms with Crippen molar-refractivity contribution in [3.05, 3.63) is 41.4 Å². The molecule has 0 bridgehead atoms. The van der Waals surface area contributed by atoms with Gasteiger partial charge in [-0.3, -0.25) is 4.79 Å². The molecule has 1 heterocycles. The summed E-state index contributed by atoms with van der Waals surface area (Å²) in [5, 5.41) is 17.3. The van der Waals surface area contributed by atoms with Crippen LogP contribution in [0, 0.1) is 5.92 Å². The summed E-state index contributed by atoms with van der Waals surface area (Å²) in [6.45, 7) is 3.50. The van der Waals surface area contributed by atoms with E-state index >= 15 is 0 Å². The minimum absolute atomic E-state index is 0.196. The zero-order valence-electron chi connectivity index (χ0n) is 12.2. The highest BCUT2D eigenvalue weighted by Crippen LogP contribution is 2.19. The van der Waals surface area contributed by atoms with E-state index in [2.05, 4.69) is 15.6 Å². The van der Waals surface area contributed by atoms with Crippen molar-refractivity contribution in [3.63, 3.8) is 0 Å². The number of carbonyl (C=O) groups excluding carboxylic acids is 1. The zero-order valence-corrected chi connectivity index (χ0v) is 13.1. The average Bonchev–Trinajstić information content (AvgIpc) is 2.97. The third-order valence-corrected chi connectivity index (χ3v) is 3.72. The van der Waals surface area contributed by atoms with E-state index in [4.69, 9.17) is 5.11 Å². The summed E-state index contributed by atoms with van der Waals surface area (Å²) < 4.78 is 0. The lowest BCUT2D eigenvalue weighted by molar-refractivity contribution is -0.140. The third-order valence-electron chi connectivity index (χ3n) is 3.03. The molecule has 1 aromatic heterocycles. The number of aromatic nitrogens is 1. The van der Waals surface area contributed by atoms with Crippen molar-refractivity contribution >= 4 is 34.0 Å². The number of amides is 1. The van der Waals surface area contributed by atoms with E-state index in [9.17, 15) is 9.59 Å². The molecular weight excluding hydrogens is 302 g/mol. The molecule has 2 rings (SSSR count). The number of anilines is 2. The lowest BCUT2D eigenvalue weighted by Gasteiger charge is -2.18. The van der Waals surface area contributed by atoms with E-state index in [1.54, 1.807) is 38.2 Å². The fraction of sp³-hybridized carbons (Fsp3) is 0.267. The number of benzene rings is 1.